The molecule has 1 aliphatic rings. The number of imidazole rings is 1. The highest BCUT2D eigenvalue weighted by Crippen LogP contribution is 2.36. The van der Waals surface area contributed by atoms with E-state index in [4.69, 9.17) is 0 Å². The van der Waals surface area contributed by atoms with Gasteiger partial charge in [-0.25, -0.2) is 14.8 Å². The lowest BCUT2D eigenvalue weighted by Gasteiger charge is -2.35. The van der Waals surface area contributed by atoms with Gasteiger partial charge in [0, 0.05) is 36.6 Å². The predicted octanol–water partition coefficient (Wildman–Crippen LogP) is 4.42. The average molecular weight is 389 g/mol. The van der Waals surface area contributed by atoms with Crippen LogP contribution < -0.4 is 0 Å². The van der Waals surface area contributed by atoms with E-state index in [0.717, 1.165) is 48.1 Å². The van der Waals surface area contributed by atoms with Gasteiger partial charge in [-0.2, -0.15) is 0 Å². The van der Waals surface area contributed by atoms with Gasteiger partial charge in [0.25, 0.3) is 0 Å². The quantitative estimate of drug-likeness (QED) is 0.541. The van der Waals surface area contributed by atoms with Crippen molar-refractivity contribution in [3.63, 3.8) is 0 Å². The Morgan fingerprint density at radius 2 is 1.90 bits per heavy atom. The highest BCUT2D eigenvalue weighted by atomic mass is 16.4. The second-order valence-electron chi connectivity index (χ2n) is 7.75. The summed E-state index contributed by atoms with van der Waals surface area (Å²) in [6.45, 7) is 0.441. The van der Waals surface area contributed by atoms with Crippen molar-refractivity contribution in [3.8, 4) is 0 Å². The Bertz CT molecular complexity index is 1140. The number of H-pyrrole nitrogens is 1. The summed E-state index contributed by atoms with van der Waals surface area (Å²) in [7, 11) is 0. The third-order valence-corrected chi connectivity index (χ3v) is 6.07. The molecule has 0 spiro atoms. The number of aromatic amines is 1. The molecular formula is C22H23N5O2. The number of nitrogens with zero attached hydrogens (tertiary/aromatic N) is 4. The molecule has 7 heteroatoms. The molecule has 5 rings (SSSR count). The zero-order chi connectivity index (χ0) is 19.8. The van der Waals surface area contributed by atoms with Gasteiger partial charge in [-0.3, -0.25) is 4.40 Å². The molecule has 0 unspecified atom stereocenters. The summed E-state index contributed by atoms with van der Waals surface area (Å²) in [4.78, 5) is 25.6. The van der Waals surface area contributed by atoms with Gasteiger partial charge in [0.15, 0.2) is 11.3 Å². The molecule has 148 valence electrons. The van der Waals surface area contributed by atoms with Gasteiger partial charge < -0.3 is 15.0 Å². The molecule has 0 aliphatic heterocycles. The van der Waals surface area contributed by atoms with E-state index in [1.807, 2.05) is 48.8 Å². The zero-order valence-electron chi connectivity index (χ0n) is 16.0. The zero-order valence-corrected chi connectivity index (χ0v) is 16.0. The fourth-order valence-corrected chi connectivity index (χ4v) is 4.60. The fourth-order valence-electron chi connectivity index (χ4n) is 4.60. The summed E-state index contributed by atoms with van der Waals surface area (Å²) in [5.41, 5.74) is 4.96. The van der Waals surface area contributed by atoms with Crippen LogP contribution in [0.4, 0.5) is 4.79 Å². The van der Waals surface area contributed by atoms with Crippen molar-refractivity contribution in [2.24, 2.45) is 0 Å². The minimum atomic E-state index is -0.841. The predicted molar refractivity (Wildman–Crippen MR) is 110 cm³/mol. The fraction of sp³-hybridized carbons (Fsp3) is 0.318. The molecule has 1 amide bonds. The summed E-state index contributed by atoms with van der Waals surface area (Å²) < 4.78 is 2.18. The van der Waals surface area contributed by atoms with Gasteiger partial charge in [0.05, 0.1) is 11.7 Å². The largest absolute Gasteiger partial charge is 0.465 e. The Hall–Kier alpha value is -3.35. The summed E-state index contributed by atoms with van der Waals surface area (Å²) in [6.07, 6.45) is 8.42. The summed E-state index contributed by atoms with van der Waals surface area (Å²) >= 11 is 0. The minimum Gasteiger partial charge on any atom is -0.465 e. The van der Waals surface area contributed by atoms with Gasteiger partial charge >= 0.3 is 6.09 Å². The molecule has 1 fully saturated rings. The van der Waals surface area contributed by atoms with Crippen LogP contribution in [0.1, 0.15) is 42.9 Å². The van der Waals surface area contributed by atoms with Crippen LogP contribution >= 0.6 is 0 Å². The van der Waals surface area contributed by atoms with E-state index in [-0.39, 0.29) is 6.04 Å². The van der Waals surface area contributed by atoms with Gasteiger partial charge in [-0.05, 0) is 37.3 Å². The first-order chi connectivity index (χ1) is 14.2. The Balaban J connectivity index is 1.35. The topological polar surface area (TPSA) is 86.5 Å². The minimum absolute atomic E-state index is 0.0529. The van der Waals surface area contributed by atoms with Crippen molar-refractivity contribution < 1.29 is 9.90 Å². The van der Waals surface area contributed by atoms with E-state index in [2.05, 4.69) is 19.4 Å². The maximum Gasteiger partial charge on any atom is 0.407 e. The number of hydrogen-bond acceptors (Lipinski definition) is 3. The number of aromatic nitrogens is 4. The van der Waals surface area contributed by atoms with Crippen LogP contribution in [0.15, 0.2) is 55.0 Å². The number of hydrogen-bond donors (Lipinski definition) is 2. The number of carbonyl (C=O) groups is 1. The van der Waals surface area contributed by atoms with Crippen molar-refractivity contribution in [1.29, 1.82) is 0 Å². The summed E-state index contributed by atoms with van der Waals surface area (Å²) in [5, 5.41) is 9.77. The summed E-state index contributed by atoms with van der Waals surface area (Å²) in [5.74, 6) is 0.370. The second-order valence-corrected chi connectivity index (χ2v) is 7.75. The maximum atomic E-state index is 11.9. The Labute approximate surface area is 168 Å². The van der Waals surface area contributed by atoms with Gasteiger partial charge in [0.2, 0.25) is 0 Å². The molecule has 29 heavy (non-hydrogen) atoms. The van der Waals surface area contributed by atoms with Crippen LogP contribution in [0.25, 0.3) is 16.8 Å². The Morgan fingerprint density at radius 3 is 2.66 bits per heavy atom. The molecule has 0 bridgehead atoms. The van der Waals surface area contributed by atoms with Crippen molar-refractivity contribution in [3.05, 3.63) is 66.2 Å². The number of benzene rings is 1. The molecular weight excluding hydrogens is 366 g/mol. The average Bonchev–Trinajstić information content (AvgIpc) is 3.39. The lowest BCUT2D eigenvalue weighted by atomic mass is 9.83. The Kier molecular flexibility index (Phi) is 4.42. The molecule has 1 saturated carbocycles. The first-order valence-corrected chi connectivity index (χ1v) is 10.0. The normalized spacial score (nSPS) is 19.6. The van der Waals surface area contributed by atoms with Crippen molar-refractivity contribution in [1.82, 2.24) is 24.3 Å². The van der Waals surface area contributed by atoms with Crippen LogP contribution in [0.5, 0.6) is 0 Å². The smallest absolute Gasteiger partial charge is 0.407 e. The third kappa shape index (κ3) is 3.22. The molecule has 1 aliphatic carbocycles. The highest BCUT2D eigenvalue weighted by molar-refractivity contribution is 5.74. The van der Waals surface area contributed by atoms with Crippen molar-refractivity contribution in [2.45, 2.75) is 44.2 Å². The molecule has 3 aromatic heterocycles. The number of amides is 1. The van der Waals surface area contributed by atoms with Crippen LogP contribution in [0.2, 0.25) is 0 Å². The van der Waals surface area contributed by atoms with E-state index < -0.39 is 6.09 Å². The highest BCUT2D eigenvalue weighted by Gasteiger charge is 2.31. The van der Waals surface area contributed by atoms with E-state index in [1.165, 1.54) is 5.69 Å². The molecule has 2 N–H and O–H groups in total. The van der Waals surface area contributed by atoms with Crippen molar-refractivity contribution >= 4 is 22.9 Å². The van der Waals surface area contributed by atoms with Crippen LogP contribution in [0, 0.1) is 0 Å². The first kappa shape index (κ1) is 17.7. The van der Waals surface area contributed by atoms with Gasteiger partial charge in [0.1, 0.15) is 0 Å². The summed E-state index contributed by atoms with van der Waals surface area (Å²) in [6, 6.07) is 11.9. The molecule has 0 atom stereocenters. The SMILES string of the molecule is O=C(O)N(Cc1ccccc1)C1CCC(c2cnc3cnc4[nH]ccc4n23)CC1. The number of rotatable bonds is 4. The number of fused-ring (bicyclic) bond motifs is 3. The maximum absolute atomic E-state index is 11.9. The molecule has 0 radical (unpaired) electrons. The molecule has 4 aromatic rings. The number of carboxylic acid groups (broad SMARTS) is 1. The lowest BCUT2D eigenvalue weighted by Crippen LogP contribution is -2.41. The monoisotopic (exact) mass is 389 g/mol. The molecule has 3 heterocycles. The van der Waals surface area contributed by atoms with Gasteiger partial charge in [-0.1, -0.05) is 30.3 Å². The van der Waals surface area contributed by atoms with Gasteiger partial charge in [-0.15, -0.1) is 0 Å². The van der Waals surface area contributed by atoms with Crippen LogP contribution in [-0.4, -0.2) is 41.5 Å². The third-order valence-electron chi connectivity index (χ3n) is 6.07. The van der Waals surface area contributed by atoms with Crippen LogP contribution in [-0.2, 0) is 6.54 Å². The Morgan fingerprint density at radius 1 is 1.10 bits per heavy atom. The van der Waals surface area contributed by atoms with E-state index in [0.29, 0.717) is 12.5 Å². The molecule has 7 nitrogen and oxygen atoms in total. The first-order valence-electron chi connectivity index (χ1n) is 10.0. The molecule has 1 aromatic carbocycles. The van der Waals surface area contributed by atoms with E-state index in [9.17, 15) is 9.90 Å². The number of nitrogens with one attached hydrogen (secondary N) is 1. The lowest BCUT2D eigenvalue weighted by molar-refractivity contribution is 0.104. The standard InChI is InChI=1S/C22H23N5O2/c28-22(29)26(14-15-4-2-1-3-5-15)17-8-6-16(7-9-17)19-12-24-20-13-25-21-18(27(19)20)10-11-23-21/h1-5,10-13,16-17,23H,6-9,14H2,(H,28,29). The molecule has 0 saturated heterocycles. The van der Waals surface area contributed by atoms with Crippen LogP contribution in [0.3, 0.4) is 0 Å². The van der Waals surface area contributed by atoms with Crippen molar-refractivity contribution in [2.75, 3.05) is 0 Å². The van der Waals surface area contributed by atoms with E-state index >= 15 is 0 Å². The second kappa shape index (κ2) is 7.24. The van der Waals surface area contributed by atoms with E-state index in [1.54, 1.807) is 11.1 Å².